The standard InChI is InChI=1S/C18H26N2O2S/c21-17(20-9-1-2-10-20)16-5-6-18(22-16)7-11-19(12-8-18)14-15-4-3-13-23-15/h3-4,13,16H,1-2,5-12,14H2. The highest BCUT2D eigenvalue weighted by Gasteiger charge is 2.45. The molecular weight excluding hydrogens is 308 g/mol. The van der Waals surface area contributed by atoms with E-state index in [4.69, 9.17) is 4.74 Å². The number of thiophene rings is 1. The van der Waals surface area contributed by atoms with Crippen LogP contribution in [0.5, 0.6) is 0 Å². The lowest BCUT2D eigenvalue weighted by Gasteiger charge is -2.39. The number of carbonyl (C=O) groups is 1. The van der Waals surface area contributed by atoms with Gasteiger partial charge in [-0.1, -0.05) is 6.07 Å². The molecule has 0 N–H and O–H groups in total. The molecular formula is C18H26N2O2S. The second-order valence-electron chi connectivity index (χ2n) is 7.22. The summed E-state index contributed by atoms with van der Waals surface area (Å²) in [6, 6.07) is 4.34. The van der Waals surface area contributed by atoms with Gasteiger partial charge in [-0.25, -0.2) is 0 Å². The van der Waals surface area contributed by atoms with E-state index in [9.17, 15) is 4.79 Å². The van der Waals surface area contributed by atoms with Crippen LogP contribution in [0.2, 0.25) is 0 Å². The van der Waals surface area contributed by atoms with Gasteiger partial charge >= 0.3 is 0 Å². The van der Waals surface area contributed by atoms with E-state index in [1.807, 2.05) is 16.2 Å². The van der Waals surface area contributed by atoms with Crippen molar-refractivity contribution < 1.29 is 9.53 Å². The number of amides is 1. The van der Waals surface area contributed by atoms with E-state index in [0.717, 1.165) is 71.2 Å². The fourth-order valence-corrected chi connectivity index (χ4v) is 4.98. The highest BCUT2D eigenvalue weighted by Crippen LogP contribution is 2.40. The first-order valence-corrected chi connectivity index (χ1v) is 9.83. The van der Waals surface area contributed by atoms with E-state index >= 15 is 0 Å². The molecule has 3 fully saturated rings. The van der Waals surface area contributed by atoms with Crippen molar-refractivity contribution in [3.05, 3.63) is 22.4 Å². The summed E-state index contributed by atoms with van der Waals surface area (Å²) in [5.41, 5.74) is -0.0218. The van der Waals surface area contributed by atoms with Gasteiger partial charge in [0.05, 0.1) is 5.60 Å². The Morgan fingerprint density at radius 3 is 2.70 bits per heavy atom. The van der Waals surface area contributed by atoms with Gasteiger partial charge < -0.3 is 9.64 Å². The molecule has 1 aromatic heterocycles. The van der Waals surface area contributed by atoms with Crippen LogP contribution in [-0.4, -0.2) is 53.6 Å². The molecule has 0 bridgehead atoms. The minimum Gasteiger partial charge on any atom is -0.362 e. The molecule has 1 spiro atoms. The van der Waals surface area contributed by atoms with Crippen LogP contribution in [0.25, 0.3) is 0 Å². The van der Waals surface area contributed by atoms with E-state index < -0.39 is 0 Å². The Hall–Kier alpha value is -0.910. The predicted molar refractivity (Wildman–Crippen MR) is 91.5 cm³/mol. The number of rotatable bonds is 3. The topological polar surface area (TPSA) is 32.8 Å². The van der Waals surface area contributed by atoms with Gasteiger partial charge in [0.15, 0.2) is 0 Å². The van der Waals surface area contributed by atoms with Crippen LogP contribution in [0.3, 0.4) is 0 Å². The maximum atomic E-state index is 12.5. The Labute approximate surface area is 142 Å². The summed E-state index contributed by atoms with van der Waals surface area (Å²) in [4.78, 5) is 18.5. The summed E-state index contributed by atoms with van der Waals surface area (Å²) in [6.45, 7) is 5.09. The summed E-state index contributed by atoms with van der Waals surface area (Å²) >= 11 is 1.84. The van der Waals surface area contributed by atoms with Gasteiger partial charge in [0.1, 0.15) is 6.10 Å². The smallest absolute Gasteiger partial charge is 0.251 e. The first kappa shape index (κ1) is 15.6. The third-order valence-corrected chi connectivity index (χ3v) is 6.54. The largest absolute Gasteiger partial charge is 0.362 e. The van der Waals surface area contributed by atoms with Crippen LogP contribution in [0, 0.1) is 0 Å². The van der Waals surface area contributed by atoms with Gasteiger partial charge in [0, 0.05) is 37.6 Å². The van der Waals surface area contributed by atoms with Crippen LogP contribution in [0.1, 0.15) is 43.4 Å². The van der Waals surface area contributed by atoms with E-state index in [1.54, 1.807) is 0 Å². The van der Waals surface area contributed by atoms with Crippen LogP contribution in [0.15, 0.2) is 17.5 Å². The summed E-state index contributed by atoms with van der Waals surface area (Å²) < 4.78 is 6.33. The Bertz CT molecular complexity index is 531. The predicted octanol–water partition coefficient (Wildman–Crippen LogP) is 2.88. The van der Waals surface area contributed by atoms with Crippen LogP contribution < -0.4 is 0 Å². The quantitative estimate of drug-likeness (QED) is 0.852. The van der Waals surface area contributed by atoms with Crippen molar-refractivity contribution in [2.45, 2.75) is 56.8 Å². The van der Waals surface area contributed by atoms with Crippen molar-refractivity contribution in [3.8, 4) is 0 Å². The molecule has 3 saturated heterocycles. The van der Waals surface area contributed by atoms with Crippen LogP contribution >= 0.6 is 11.3 Å². The lowest BCUT2D eigenvalue weighted by Crippen LogP contribution is -2.45. The second kappa shape index (κ2) is 6.54. The van der Waals surface area contributed by atoms with Crippen LogP contribution in [-0.2, 0) is 16.1 Å². The van der Waals surface area contributed by atoms with Crippen molar-refractivity contribution >= 4 is 17.2 Å². The molecule has 1 aromatic rings. The molecule has 3 aliphatic heterocycles. The molecule has 0 aliphatic carbocycles. The van der Waals surface area contributed by atoms with E-state index in [2.05, 4.69) is 22.4 Å². The maximum Gasteiger partial charge on any atom is 0.251 e. The molecule has 23 heavy (non-hydrogen) atoms. The number of nitrogens with zero attached hydrogens (tertiary/aromatic N) is 2. The average molecular weight is 334 g/mol. The van der Waals surface area contributed by atoms with Gasteiger partial charge in [-0.05, 0) is 50.0 Å². The third-order valence-electron chi connectivity index (χ3n) is 5.67. The van der Waals surface area contributed by atoms with E-state index in [-0.39, 0.29) is 17.6 Å². The third kappa shape index (κ3) is 3.32. The highest BCUT2D eigenvalue weighted by molar-refractivity contribution is 7.09. The van der Waals surface area contributed by atoms with Crippen LogP contribution in [0.4, 0.5) is 0 Å². The number of carbonyl (C=O) groups excluding carboxylic acids is 1. The van der Waals surface area contributed by atoms with Crippen molar-refractivity contribution in [1.82, 2.24) is 9.80 Å². The monoisotopic (exact) mass is 334 g/mol. The van der Waals surface area contributed by atoms with Crippen molar-refractivity contribution in [2.24, 2.45) is 0 Å². The number of hydrogen-bond acceptors (Lipinski definition) is 4. The zero-order valence-electron chi connectivity index (χ0n) is 13.7. The Balaban J connectivity index is 1.30. The zero-order chi connectivity index (χ0) is 15.7. The minimum atomic E-state index is -0.169. The maximum absolute atomic E-state index is 12.5. The van der Waals surface area contributed by atoms with Gasteiger partial charge in [-0.3, -0.25) is 9.69 Å². The number of hydrogen-bond donors (Lipinski definition) is 0. The average Bonchev–Trinajstić information content (AvgIpc) is 3.31. The number of ether oxygens (including phenoxy) is 1. The molecule has 4 rings (SSSR count). The molecule has 0 aromatic carbocycles. The molecule has 0 radical (unpaired) electrons. The molecule has 0 saturated carbocycles. The van der Waals surface area contributed by atoms with Gasteiger partial charge in [0.25, 0.3) is 5.91 Å². The molecule has 126 valence electrons. The molecule has 4 heterocycles. The Morgan fingerprint density at radius 1 is 1.22 bits per heavy atom. The van der Waals surface area contributed by atoms with Crippen molar-refractivity contribution in [1.29, 1.82) is 0 Å². The van der Waals surface area contributed by atoms with Gasteiger partial charge in [-0.2, -0.15) is 0 Å². The first-order valence-electron chi connectivity index (χ1n) is 8.96. The van der Waals surface area contributed by atoms with E-state index in [0.29, 0.717) is 0 Å². The second-order valence-corrected chi connectivity index (χ2v) is 8.25. The summed E-state index contributed by atoms with van der Waals surface area (Å²) in [5.74, 6) is 0.250. The minimum absolute atomic E-state index is 0.0218. The fraction of sp³-hybridized carbons (Fsp3) is 0.722. The molecule has 1 unspecified atom stereocenters. The highest BCUT2D eigenvalue weighted by atomic mass is 32.1. The molecule has 3 aliphatic rings. The molecule has 5 heteroatoms. The molecule has 1 amide bonds. The summed E-state index contributed by atoms with van der Waals surface area (Å²) in [6.07, 6.45) is 6.26. The Kier molecular flexibility index (Phi) is 4.43. The van der Waals surface area contributed by atoms with Gasteiger partial charge in [-0.15, -0.1) is 11.3 Å². The van der Waals surface area contributed by atoms with Gasteiger partial charge in [0.2, 0.25) is 0 Å². The SMILES string of the molecule is O=C(C1CCC2(CCN(Cc3cccs3)CC2)O1)N1CCCC1. The van der Waals surface area contributed by atoms with Crippen molar-refractivity contribution in [3.63, 3.8) is 0 Å². The lowest BCUT2D eigenvalue weighted by molar-refractivity contribution is -0.150. The number of piperidine rings is 1. The zero-order valence-corrected chi connectivity index (χ0v) is 14.5. The molecule has 4 nitrogen and oxygen atoms in total. The normalized spacial score (nSPS) is 27.8. The Morgan fingerprint density at radius 2 is 2.00 bits per heavy atom. The summed E-state index contributed by atoms with van der Waals surface area (Å²) in [5, 5.41) is 2.15. The lowest BCUT2D eigenvalue weighted by atomic mass is 9.88. The molecule has 1 atom stereocenters. The summed E-state index contributed by atoms with van der Waals surface area (Å²) in [7, 11) is 0. The number of likely N-dealkylation sites (tertiary alicyclic amines) is 2. The fourth-order valence-electron chi connectivity index (χ4n) is 4.24. The van der Waals surface area contributed by atoms with E-state index in [1.165, 1.54) is 4.88 Å². The first-order chi connectivity index (χ1) is 11.2. The van der Waals surface area contributed by atoms with Crippen molar-refractivity contribution in [2.75, 3.05) is 26.2 Å².